The van der Waals surface area contributed by atoms with Crippen LogP contribution in [-0.2, 0) is 0 Å². The Balaban J connectivity index is 0.000000321. The second kappa shape index (κ2) is 11.6. The molecule has 176 valence electrons. The predicted molar refractivity (Wildman–Crippen MR) is 130 cm³/mol. The number of fused-ring (bicyclic) bond motifs is 2. The van der Waals surface area contributed by atoms with E-state index < -0.39 is 23.9 Å². The molecule has 0 saturated carbocycles. The summed E-state index contributed by atoms with van der Waals surface area (Å²) < 4.78 is 0. The first-order chi connectivity index (χ1) is 15.2. The molecule has 4 aromatic carbocycles. The Kier molecular flexibility index (Phi) is 9.55. The first-order valence-electron chi connectivity index (χ1n) is 9.18. The van der Waals surface area contributed by atoms with E-state index in [4.69, 9.17) is 20.4 Å². The lowest BCUT2D eigenvalue weighted by Gasteiger charge is -2.05. The molecule has 4 aromatic rings. The zero-order valence-corrected chi connectivity index (χ0v) is 18.8. The molecule has 0 aromatic heterocycles. The third-order valence-electron chi connectivity index (χ3n) is 4.72. The molecule has 0 bridgehead atoms. The van der Waals surface area contributed by atoms with Gasteiger partial charge in [-0.25, -0.2) is 19.2 Å². The second-order valence-electron chi connectivity index (χ2n) is 6.70. The van der Waals surface area contributed by atoms with Crippen LogP contribution >= 0.6 is 24.8 Å². The van der Waals surface area contributed by atoms with Gasteiger partial charge in [-0.15, -0.1) is 24.8 Å². The Labute approximate surface area is 204 Å². The van der Waals surface area contributed by atoms with E-state index in [0.717, 1.165) is 0 Å². The van der Waals surface area contributed by atoms with Gasteiger partial charge in [0.15, 0.2) is 0 Å². The van der Waals surface area contributed by atoms with Gasteiger partial charge in [0.05, 0.1) is 22.3 Å². The minimum Gasteiger partial charge on any atom is -0.478 e. The van der Waals surface area contributed by atoms with E-state index >= 15 is 0 Å². The molecule has 34 heavy (non-hydrogen) atoms. The van der Waals surface area contributed by atoms with E-state index in [0.29, 0.717) is 21.5 Å². The number of aromatic carboxylic acids is 4. The lowest BCUT2D eigenvalue weighted by molar-refractivity contribution is 0.0684. The van der Waals surface area contributed by atoms with Crippen molar-refractivity contribution >= 4 is 70.2 Å². The maximum atomic E-state index is 10.9. The lowest BCUT2D eigenvalue weighted by atomic mass is 10.00. The van der Waals surface area contributed by atoms with Crippen LogP contribution in [0.2, 0.25) is 0 Å². The molecule has 0 aliphatic carbocycles. The predicted octanol–water partition coefficient (Wildman–Crippen LogP) is 5.32. The summed E-state index contributed by atoms with van der Waals surface area (Å²) in [5, 5.41) is 37.8. The molecule has 8 nitrogen and oxygen atoms in total. The molecule has 0 unspecified atom stereocenters. The number of carbonyl (C=O) groups is 4. The van der Waals surface area contributed by atoms with Crippen molar-refractivity contribution in [1.29, 1.82) is 0 Å². The number of hydrogen-bond donors (Lipinski definition) is 4. The standard InChI is InChI=1S/2C12H8O4.2ClH/c13-11(14)9-3-1-7-5-10(12(15)16)4-2-8(7)6-9;13-11(14)9-5-6-10(12(15)16)8-4-2-1-3-7(8)9;;/h2*1-6H,(H,13,14)(H,15,16);2*1H. The molecule has 0 saturated heterocycles. The lowest BCUT2D eigenvalue weighted by Crippen LogP contribution is -2.02. The van der Waals surface area contributed by atoms with Gasteiger partial charge in [0, 0.05) is 0 Å². The molecule has 4 rings (SSSR count). The van der Waals surface area contributed by atoms with Crippen molar-refractivity contribution in [2.45, 2.75) is 0 Å². The third kappa shape index (κ3) is 6.00. The number of hydrogen-bond acceptors (Lipinski definition) is 4. The van der Waals surface area contributed by atoms with Gasteiger partial charge in [-0.2, -0.15) is 0 Å². The van der Waals surface area contributed by atoms with E-state index in [9.17, 15) is 19.2 Å². The minimum atomic E-state index is -1.06. The quantitative estimate of drug-likeness (QED) is 0.291. The highest BCUT2D eigenvalue weighted by Crippen LogP contribution is 2.23. The number of carboxylic acid groups (broad SMARTS) is 4. The summed E-state index contributed by atoms with van der Waals surface area (Å²) in [6.45, 7) is 0. The number of halogens is 2. The minimum absolute atomic E-state index is 0. The zero-order chi connectivity index (χ0) is 23.4. The zero-order valence-electron chi connectivity index (χ0n) is 17.2. The van der Waals surface area contributed by atoms with Crippen LogP contribution in [0.15, 0.2) is 72.8 Å². The van der Waals surface area contributed by atoms with Crippen LogP contribution in [0.4, 0.5) is 0 Å². The molecule has 10 heteroatoms. The molecule has 0 heterocycles. The van der Waals surface area contributed by atoms with Crippen molar-refractivity contribution in [3.63, 3.8) is 0 Å². The molecule has 0 atom stereocenters. The second-order valence-corrected chi connectivity index (χ2v) is 6.70. The van der Waals surface area contributed by atoms with Gasteiger partial charge in [-0.3, -0.25) is 0 Å². The van der Waals surface area contributed by atoms with Crippen molar-refractivity contribution in [3.8, 4) is 0 Å². The summed E-state index contributed by atoms with van der Waals surface area (Å²) in [4.78, 5) is 43.3. The Bertz CT molecular complexity index is 1290. The third-order valence-corrected chi connectivity index (χ3v) is 4.72. The average molecular weight is 505 g/mol. The van der Waals surface area contributed by atoms with Gasteiger partial charge in [0.2, 0.25) is 0 Å². The van der Waals surface area contributed by atoms with Crippen LogP contribution in [-0.4, -0.2) is 44.3 Å². The molecule has 0 radical (unpaired) electrons. The molecule has 0 aliphatic rings. The number of carboxylic acids is 4. The fourth-order valence-corrected chi connectivity index (χ4v) is 3.18. The fraction of sp³-hybridized carbons (Fsp3) is 0. The van der Waals surface area contributed by atoms with E-state index in [1.165, 1.54) is 36.4 Å². The Morgan fingerprint density at radius 2 is 0.824 bits per heavy atom. The van der Waals surface area contributed by atoms with Gasteiger partial charge in [-0.1, -0.05) is 36.4 Å². The summed E-state index contributed by atoms with van der Waals surface area (Å²) in [7, 11) is 0. The van der Waals surface area contributed by atoms with Crippen LogP contribution in [0.3, 0.4) is 0 Å². The van der Waals surface area contributed by atoms with E-state index in [2.05, 4.69) is 0 Å². The normalized spacial score (nSPS) is 9.65. The number of rotatable bonds is 4. The Morgan fingerprint density at radius 1 is 0.471 bits per heavy atom. The maximum Gasteiger partial charge on any atom is 0.336 e. The van der Waals surface area contributed by atoms with Gasteiger partial charge < -0.3 is 20.4 Å². The van der Waals surface area contributed by atoms with Crippen molar-refractivity contribution in [2.24, 2.45) is 0 Å². The van der Waals surface area contributed by atoms with Crippen molar-refractivity contribution in [3.05, 3.63) is 95.1 Å². The first kappa shape index (κ1) is 27.9. The van der Waals surface area contributed by atoms with Crippen LogP contribution < -0.4 is 0 Å². The maximum absolute atomic E-state index is 10.9. The largest absolute Gasteiger partial charge is 0.478 e. The van der Waals surface area contributed by atoms with E-state index in [-0.39, 0.29) is 47.1 Å². The van der Waals surface area contributed by atoms with Crippen molar-refractivity contribution < 1.29 is 39.6 Å². The highest BCUT2D eigenvalue weighted by molar-refractivity contribution is 6.11. The van der Waals surface area contributed by atoms with Crippen molar-refractivity contribution in [1.82, 2.24) is 0 Å². The summed E-state index contributed by atoms with van der Waals surface area (Å²) in [5.74, 6) is -4.12. The highest BCUT2D eigenvalue weighted by Gasteiger charge is 2.14. The SMILES string of the molecule is Cl.Cl.O=C(O)c1ccc(C(=O)O)c2ccccc12.O=C(O)c1ccc2cc(C(=O)O)ccc2c1. The summed E-state index contributed by atoms with van der Waals surface area (Å²) in [6.07, 6.45) is 0. The molecule has 0 amide bonds. The average Bonchev–Trinajstić information content (AvgIpc) is 2.77. The van der Waals surface area contributed by atoms with Crippen LogP contribution in [0.25, 0.3) is 21.5 Å². The van der Waals surface area contributed by atoms with Gasteiger partial charge in [0.1, 0.15) is 0 Å². The first-order valence-corrected chi connectivity index (χ1v) is 9.18. The van der Waals surface area contributed by atoms with Gasteiger partial charge in [-0.05, 0) is 57.9 Å². The van der Waals surface area contributed by atoms with E-state index in [1.54, 1.807) is 36.4 Å². The van der Waals surface area contributed by atoms with Crippen LogP contribution in [0.5, 0.6) is 0 Å². The van der Waals surface area contributed by atoms with Crippen LogP contribution in [0.1, 0.15) is 41.4 Å². The molecule has 4 N–H and O–H groups in total. The summed E-state index contributed by atoms with van der Waals surface area (Å²) in [6, 6.07) is 18.3. The topological polar surface area (TPSA) is 149 Å². The van der Waals surface area contributed by atoms with Crippen LogP contribution in [0, 0.1) is 0 Å². The summed E-state index contributed by atoms with van der Waals surface area (Å²) in [5.41, 5.74) is 0.604. The molecule has 0 spiro atoms. The summed E-state index contributed by atoms with van der Waals surface area (Å²) >= 11 is 0. The smallest absolute Gasteiger partial charge is 0.336 e. The molecular formula is C24H18Cl2O8. The highest BCUT2D eigenvalue weighted by atomic mass is 35.5. The molecular weight excluding hydrogens is 487 g/mol. The van der Waals surface area contributed by atoms with E-state index in [1.807, 2.05) is 0 Å². The molecule has 0 aliphatic heterocycles. The van der Waals surface area contributed by atoms with Crippen molar-refractivity contribution in [2.75, 3.05) is 0 Å². The van der Waals surface area contributed by atoms with Gasteiger partial charge in [0.25, 0.3) is 0 Å². The Hall–Kier alpha value is -4.14. The molecule has 0 fully saturated rings. The fourth-order valence-electron chi connectivity index (χ4n) is 3.18. The monoisotopic (exact) mass is 504 g/mol. The Morgan fingerprint density at radius 3 is 1.12 bits per heavy atom. The number of benzene rings is 4. The van der Waals surface area contributed by atoms with Gasteiger partial charge >= 0.3 is 23.9 Å².